The zero-order chi connectivity index (χ0) is 26.3. The number of aromatic nitrogens is 1. The summed E-state index contributed by atoms with van der Waals surface area (Å²) >= 11 is 0. The van der Waals surface area contributed by atoms with Gasteiger partial charge in [0, 0.05) is 23.2 Å². The first-order chi connectivity index (χ1) is 18.1. The van der Waals surface area contributed by atoms with E-state index in [4.69, 9.17) is 14.2 Å². The van der Waals surface area contributed by atoms with Crippen LogP contribution in [0.15, 0.2) is 36.5 Å². The lowest BCUT2D eigenvalue weighted by Gasteiger charge is -2.35. The fourth-order valence-corrected chi connectivity index (χ4v) is 4.93. The van der Waals surface area contributed by atoms with Gasteiger partial charge in [-0.25, -0.2) is 4.39 Å². The minimum atomic E-state index is -0.397. The van der Waals surface area contributed by atoms with Crippen LogP contribution < -0.4 is 4.74 Å². The summed E-state index contributed by atoms with van der Waals surface area (Å²) in [6, 6.07) is 8.92. The van der Waals surface area contributed by atoms with Crippen LogP contribution in [0.4, 0.5) is 4.39 Å². The van der Waals surface area contributed by atoms with Crippen LogP contribution in [0, 0.1) is 11.7 Å². The summed E-state index contributed by atoms with van der Waals surface area (Å²) in [7, 11) is 0. The van der Waals surface area contributed by atoms with E-state index in [1.807, 2.05) is 18.2 Å². The lowest BCUT2D eigenvalue weighted by atomic mass is 9.95. The molecule has 3 unspecified atom stereocenters. The summed E-state index contributed by atoms with van der Waals surface area (Å²) in [5.74, 6) is 0.393. The predicted octanol–water partition coefficient (Wildman–Crippen LogP) is 9.43. The highest BCUT2D eigenvalue weighted by molar-refractivity contribution is 5.60. The van der Waals surface area contributed by atoms with E-state index in [9.17, 15) is 4.39 Å². The largest absolute Gasteiger partial charge is 0.491 e. The Labute approximate surface area is 224 Å². The fraction of sp³-hybridized carbons (Fsp3) is 0.656. The molecule has 206 valence electrons. The Hall–Kier alpha value is -1.98. The Morgan fingerprint density at radius 2 is 1.59 bits per heavy atom. The maximum Gasteiger partial charge on any atom is 0.185 e. The first kappa shape index (κ1) is 29.6. The minimum Gasteiger partial charge on any atom is -0.491 e. The Morgan fingerprint density at radius 1 is 0.892 bits per heavy atom. The molecule has 0 aliphatic carbocycles. The van der Waals surface area contributed by atoms with Crippen LogP contribution in [-0.4, -0.2) is 24.3 Å². The van der Waals surface area contributed by atoms with Gasteiger partial charge in [0.25, 0.3) is 0 Å². The van der Waals surface area contributed by atoms with Crippen molar-refractivity contribution in [3.8, 4) is 17.0 Å². The summed E-state index contributed by atoms with van der Waals surface area (Å²) in [5, 5.41) is 0. The van der Waals surface area contributed by atoms with Crippen molar-refractivity contribution in [2.75, 3.05) is 13.2 Å². The molecule has 1 aliphatic rings. The van der Waals surface area contributed by atoms with Gasteiger partial charge in [-0.1, -0.05) is 90.5 Å². The summed E-state index contributed by atoms with van der Waals surface area (Å²) in [6.07, 6.45) is 17.8. The first-order valence-electron chi connectivity index (χ1n) is 14.8. The molecule has 5 heteroatoms. The van der Waals surface area contributed by atoms with E-state index in [2.05, 4.69) is 25.8 Å². The quantitative estimate of drug-likeness (QED) is 0.198. The molecule has 0 bridgehead atoms. The third-order valence-corrected chi connectivity index (χ3v) is 7.43. The second kappa shape index (κ2) is 16.8. The molecule has 3 atom stereocenters. The van der Waals surface area contributed by atoms with E-state index in [1.165, 1.54) is 70.3 Å². The van der Waals surface area contributed by atoms with Crippen molar-refractivity contribution >= 4 is 0 Å². The molecule has 0 radical (unpaired) electrons. The molecule has 0 N–H and O–H groups in total. The van der Waals surface area contributed by atoms with E-state index in [-0.39, 0.29) is 11.9 Å². The number of hydrogen-bond acceptors (Lipinski definition) is 4. The van der Waals surface area contributed by atoms with E-state index < -0.39 is 6.29 Å². The second-order valence-electron chi connectivity index (χ2n) is 10.6. The third-order valence-electron chi connectivity index (χ3n) is 7.43. The van der Waals surface area contributed by atoms with Gasteiger partial charge < -0.3 is 14.2 Å². The molecule has 1 aliphatic heterocycles. The molecule has 1 saturated heterocycles. The molecule has 1 aromatic heterocycles. The molecule has 37 heavy (non-hydrogen) atoms. The van der Waals surface area contributed by atoms with Gasteiger partial charge >= 0.3 is 0 Å². The van der Waals surface area contributed by atoms with Gasteiger partial charge in [-0.3, -0.25) is 4.98 Å². The van der Waals surface area contributed by atoms with Crippen molar-refractivity contribution < 1.29 is 18.6 Å². The Balaban J connectivity index is 1.42. The number of hydrogen-bond donors (Lipinski definition) is 0. The summed E-state index contributed by atoms with van der Waals surface area (Å²) in [4.78, 5) is 4.56. The van der Waals surface area contributed by atoms with Gasteiger partial charge in [-0.2, -0.15) is 0 Å². The molecule has 2 aromatic rings. The number of unbranched alkanes of at least 4 members (excludes halogenated alkanes) is 10. The van der Waals surface area contributed by atoms with Gasteiger partial charge in [0.05, 0.1) is 25.0 Å². The normalized spacial score (nSPS) is 19.7. The third kappa shape index (κ3) is 10.0. The summed E-state index contributed by atoms with van der Waals surface area (Å²) < 4.78 is 32.5. The number of halogens is 1. The van der Waals surface area contributed by atoms with Gasteiger partial charge in [-0.15, -0.1) is 0 Å². The van der Waals surface area contributed by atoms with Crippen LogP contribution in [0.25, 0.3) is 11.3 Å². The molecule has 3 rings (SSSR count). The van der Waals surface area contributed by atoms with Crippen LogP contribution >= 0.6 is 0 Å². The Kier molecular flexibility index (Phi) is 13.4. The fourth-order valence-electron chi connectivity index (χ4n) is 4.93. The van der Waals surface area contributed by atoms with Crippen LogP contribution in [-0.2, 0) is 9.47 Å². The van der Waals surface area contributed by atoms with Crippen molar-refractivity contribution in [3.05, 3.63) is 47.9 Å². The SMILES string of the molecule is CCCCCCCCCCC1COC(c2ccc(-c3ccc(OCCCCCC)c(F)c3)nc2)OC1C. The molecule has 2 heterocycles. The van der Waals surface area contributed by atoms with Crippen LogP contribution in [0.3, 0.4) is 0 Å². The maximum absolute atomic E-state index is 14.6. The van der Waals surface area contributed by atoms with Crippen molar-refractivity contribution in [1.29, 1.82) is 0 Å². The van der Waals surface area contributed by atoms with E-state index in [0.717, 1.165) is 37.0 Å². The number of ether oxygens (including phenoxy) is 3. The van der Waals surface area contributed by atoms with Crippen LogP contribution in [0.1, 0.15) is 116 Å². The Morgan fingerprint density at radius 3 is 2.24 bits per heavy atom. The van der Waals surface area contributed by atoms with E-state index >= 15 is 0 Å². The highest BCUT2D eigenvalue weighted by atomic mass is 19.1. The minimum absolute atomic E-state index is 0.159. The first-order valence-corrected chi connectivity index (χ1v) is 14.8. The Bertz CT molecular complexity index is 888. The number of nitrogens with zero attached hydrogens (tertiary/aromatic N) is 1. The maximum atomic E-state index is 14.6. The van der Waals surface area contributed by atoms with Gasteiger partial charge in [0.15, 0.2) is 17.9 Å². The van der Waals surface area contributed by atoms with E-state index in [0.29, 0.717) is 24.0 Å². The van der Waals surface area contributed by atoms with Crippen LogP contribution in [0.2, 0.25) is 0 Å². The molecular weight excluding hydrogens is 465 g/mol. The molecule has 1 fully saturated rings. The molecule has 0 spiro atoms. The zero-order valence-electron chi connectivity index (χ0n) is 23.4. The number of benzene rings is 1. The molecule has 0 saturated carbocycles. The predicted molar refractivity (Wildman–Crippen MR) is 149 cm³/mol. The average Bonchev–Trinajstić information content (AvgIpc) is 2.91. The highest BCUT2D eigenvalue weighted by Gasteiger charge is 2.29. The summed E-state index contributed by atoms with van der Waals surface area (Å²) in [6.45, 7) is 7.85. The van der Waals surface area contributed by atoms with Crippen LogP contribution in [0.5, 0.6) is 5.75 Å². The lowest BCUT2D eigenvalue weighted by Crippen LogP contribution is -2.34. The van der Waals surface area contributed by atoms with Gasteiger partial charge in [0.2, 0.25) is 0 Å². The zero-order valence-corrected chi connectivity index (χ0v) is 23.4. The van der Waals surface area contributed by atoms with Crippen molar-refractivity contribution in [1.82, 2.24) is 4.98 Å². The number of rotatable bonds is 17. The highest BCUT2D eigenvalue weighted by Crippen LogP contribution is 2.32. The smallest absolute Gasteiger partial charge is 0.185 e. The topological polar surface area (TPSA) is 40.6 Å². The van der Waals surface area contributed by atoms with Gasteiger partial charge in [0.1, 0.15) is 0 Å². The average molecular weight is 514 g/mol. The molecule has 1 aromatic carbocycles. The van der Waals surface area contributed by atoms with Crippen molar-refractivity contribution in [2.24, 2.45) is 5.92 Å². The lowest BCUT2D eigenvalue weighted by molar-refractivity contribution is -0.237. The molecule has 0 amide bonds. The second-order valence-corrected chi connectivity index (χ2v) is 10.6. The van der Waals surface area contributed by atoms with Crippen molar-refractivity contribution in [2.45, 2.75) is 117 Å². The van der Waals surface area contributed by atoms with Crippen molar-refractivity contribution in [3.63, 3.8) is 0 Å². The summed E-state index contributed by atoms with van der Waals surface area (Å²) in [5.41, 5.74) is 2.34. The molecule has 4 nitrogen and oxygen atoms in total. The number of pyridine rings is 1. The molecular formula is C32H48FNO3. The standard InChI is InChI=1S/C32H48FNO3/c1-4-6-8-10-11-12-13-14-16-28-24-36-32(37-25(28)3)27-17-19-30(34-23-27)26-18-20-31(29(33)22-26)35-21-15-9-7-5-2/h17-20,22-23,25,28,32H,4-16,21,24H2,1-3H3. The van der Waals surface area contributed by atoms with E-state index in [1.54, 1.807) is 12.3 Å². The monoisotopic (exact) mass is 513 g/mol. The van der Waals surface area contributed by atoms with Gasteiger partial charge in [-0.05, 0) is 44.0 Å².